The average molecular weight is 416 g/mol. The van der Waals surface area contributed by atoms with Gasteiger partial charge in [0.25, 0.3) is 0 Å². The molecule has 2 fully saturated rings. The molecule has 1 unspecified atom stereocenters. The second kappa shape index (κ2) is 7.53. The molecule has 3 aliphatic rings. The number of likely N-dealkylation sites (tertiary alicyclic amines) is 1. The Morgan fingerprint density at radius 3 is 2.86 bits per heavy atom. The van der Waals surface area contributed by atoms with Gasteiger partial charge < -0.3 is 20.2 Å². The first-order valence-corrected chi connectivity index (χ1v) is 11.3. The van der Waals surface area contributed by atoms with Crippen molar-refractivity contribution >= 4 is 28.3 Å². The number of fused-ring (bicyclic) bond motifs is 4. The molecule has 0 radical (unpaired) electrons. The summed E-state index contributed by atoms with van der Waals surface area (Å²) in [6.45, 7) is 7.17. The summed E-state index contributed by atoms with van der Waals surface area (Å²) in [6, 6.07) is 4.15. The molecule has 3 heterocycles. The van der Waals surface area contributed by atoms with E-state index in [2.05, 4.69) is 28.2 Å². The van der Waals surface area contributed by atoms with Crippen LogP contribution in [0.25, 0.3) is 11.0 Å². The number of furan rings is 1. The first-order chi connectivity index (χ1) is 14.1. The van der Waals surface area contributed by atoms with Crippen LogP contribution in [0.2, 0.25) is 5.02 Å². The van der Waals surface area contributed by atoms with Crippen molar-refractivity contribution in [3.8, 4) is 0 Å². The third-order valence-corrected chi connectivity index (χ3v) is 7.20. The van der Waals surface area contributed by atoms with E-state index in [1.54, 1.807) is 0 Å². The Hall–Kier alpha value is -1.69. The molecule has 1 saturated heterocycles. The number of nitrogens with one attached hydrogen (secondary N) is 2. The van der Waals surface area contributed by atoms with Crippen LogP contribution in [-0.4, -0.2) is 29.7 Å². The number of piperidine rings is 1. The van der Waals surface area contributed by atoms with E-state index in [0.29, 0.717) is 5.92 Å². The molecule has 0 bridgehead atoms. The van der Waals surface area contributed by atoms with Gasteiger partial charge in [-0.1, -0.05) is 37.4 Å². The lowest BCUT2D eigenvalue weighted by molar-refractivity contribution is 0.111. The molecule has 1 spiro atoms. The van der Waals surface area contributed by atoms with E-state index in [1.165, 1.54) is 24.8 Å². The summed E-state index contributed by atoms with van der Waals surface area (Å²) in [4.78, 5) is 2.39. The van der Waals surface area contributed by atoms with Crippen molar-refractivity contribution in [2.45, 2.75) is 57.0 Å². The van der Waals surface area contributed by atoms with Crippen molar-refractivity contribution in [2.24, 2.45) is 5.92 Å². The maximum atomic E-state index is 9.53. The van der Waals surface area contributed by atoms with Crippen LogP contribution in [0.4, 0.5) is 5.69 Å². The van der Waals surface area contributed by atoms with Gasteiger partial charge in [0.15, 0.2) is 0 Å². The van der Waals surface area contributed by atoms with E-state index < -0.39 is 0 Å². The molecule has 5 nitrogen and oxygen atoms in total. The van der Waals surface area contributed by atoms with Gasteiger partial charge in [-0.3, -0.25) is 4.90 Å². The number of hydrogen-bond donors (Lipinski definition) is 3. The number of halogens is 1. The van der Waals surface area contributed by atoms with Gasteiger partial charge in [-0.15, -0.1) is 0 Å². The Morgan fingerprint density at radius 1 is 1.24 bits per heavy atom. The normalized spacial score (nSPS) is 24.3. The van der Waals surface area contributed by atoms with Crippen molar-refractivity contribution in [2.75, 3.05) is 25.0 Å². The zero-order valence-corrected chi connectivity index (χ0v) is 17.7. The minimum absolute atomic E-state index is 0.151. The van der Waals surface area contributed by atoms with Gasteiger partial charge in [0.2, 0.25) is 0 Å². The summed E-state index contributed by atoms with van der Waals surface area (Å²) < 4.78 is 6.48. The monoisotopic (exact) mass is 415 g/mol. The van der Waals surface area contributed by atoms with Gasteiger partial charge >= 0.3 is 0 Å². The molecule has 1 saturated carbocycles. The molecule has 156 valence electrons. The molecule has 1 aromatic carbocycles. The van der Waals surface area contributed by atoms with E-state index in [0.717, 1.165) is 78.6 Å². The molecule has 3 N–H and O–H groups in total. The van der Waals surface area contributed by atoms with Crippen LogP contribution < -0.4 is 10.6 Å². The summed E-state index contributed by atoms with van der Waals surface area (Å²) in [6.07, 6.45) is 8.03. The number of benzene rings is 1. The minimum Gasteiger partial charge on any atom is -0.459 e. The van der Waals surface area contributed by atoms with E-state index in [-0.39, 0.29) is 12.1 Å². The fourth-order valence-corrected chi connectivity index (χ4v) is 5.85. The Labute approximate surface area is 177 Å². The predicted molar refractivity (Wildman–Crippen MR) is 117 cm³/mol. The highest BCUT2D eigenvalue weighted by molar-refractivity contribution is 6.34. The zero-order valence-electron chi connectivity index (χ0n) is 16.9. The van der Waals surface area contributed by atoms with Crippen molar-refractivity contribution in [3.05, 3.63) is 40.9 Å². The van der Waals surface area contributed by atoms with Crippen molar-refractivity contribution in [3.63, 3.8) is 0 Å². The van der Waals surface area contributed by atoms with Crippen molar-refractivity contribution in [1.29, 1.82) is 0 Å². The average Bonchev–Trinajstić information content (AvgIpc) is 3.10. The third kappa shape index (κ3) is 3.43. The number of anilines is 1. The van der Waals surface area contributed by atoms with Gasteiger partial charge in [-0.25, -0.2) is 0 Å². The highest BCUT2D eigenvalue weighted by Gasteiger charge is 2.42. The Morgan fingerprint density at radius 2 is 2.07 bits per heavy atom. The Kier molecular flexibility index (Phi) is 5.01. The molecular weight excluding hydrogens is 386 g/mol. The maximum Gasteiger partial charge on any atom is 0.142 e. The molecule has 5 rings (SSSR count). The molecule has 2 aromatic rings. The molecule has 1 aliphatic carbocycles. The molecule has 29 heavy (non-hydrogen) atoms. The summed E-state index contributed by atoms with van der Waals surface area (Å²) >= 11 is 6.72. The molecule has 1 atom stereocenters. The fraction of sp³-hybridized carbons (Fsp3) is 0.565. The standard InChI is InChI=1S/C23H30ClN3O2/c1-15-25-21-19(24)11-17-10-18(13-27-9-5-6-16(12-27)14-28)29-22(17)20(21)23(26-15)7-3-2-4-8-23/h10-11,16,25-26,28H,1-9,12-14H2. The fourth-order valence-electron chi connectivity index (χ4n) is 5.59. The summed E-state index contributed by atoms with van der Waals surface area (Å²) in [5.41, 5.74) is 2.92. The molecule has 1 aromatic heterocycles. The lowest BCUT2D eigenvalue weighted by Gasteiger charge is -2.44. The van der Waals surface area contributed by atoms with Crippen LogP contribution in [0.3, 0.4) is 0 Å². The van der Waals surface area contributed by atoms with E-state index in [4.69, 9.17) is 16.0 Å². The quantitative estimate of drug-likeness (QED) is 0.663. The molecule has 0 amide bonds. The van der Waals surface area contributed by atoms with Crippen LogP contribution in [0.1, 0.15) is 56.3 Å². The Balaban J connectivity index is 1.55. The van der Waals surface area contributed by atoms with Crippen LogP contribution in [-0.2, 0) is 12.1 Å². The molecule has 6 heteroatoms. The van der Waals surface area contributed by atoms with Gasteiger partial charge in [0.05, 0.1) is 28.6 Å². The number of aliphatic hydroxyl groups excluding tert-OH is 1. The highest BCUT2D eigenvalue weighted by atomic mass is 35.5. The van der Waals surface area contributed by atoms with Crippen molar-refractivity contribution < 1.29 is 9.52 Å². The predicted octanol–water partition coefficient (Wildman–Crippen LogP) is 4.94. The Bertz CT molecular complexity index is 932. The van der Waals surface area contributed by atoms with E-state index in [9.17, 15) is 5.11 Å². The third-order valence-electron chi connectivity index (χ3n) is 6.90. The summed E-state index contributed by atoms with van der Waals surface area (Å²) in [5.74, 6) is 2.16. The first kappa shape index (κ1) is 19.3. The van der Waals surface area contributed by atoms with Gasteiger partial charge in [0.1, 0.15) is 11.3 Å². The van der Waals surface area contributed by atoms with Crippen molar-refractivity contribution in [1.82, 2.24) is 10.2 Å². The largest absolute Gasteiger partial charge is 0.459 e. The number of nitrogens with zero attached hydrogens (tertiary/aromatic N) is 1. The lowest BCUT2D eigenvalue weighted by Crippen LogP contribution is -2.48. The second-order valence-electron chi connectivity index (χ2n) is 9.04. The molecule has 2 aliphatic heterocycles. The second-order valence-corrected chi connectivity index (χ2v) is 9.44. The smallest absolute Gasteiger partial charge is 0.142 e. The summed E-state index contributed by atoms with van der Waals surface area (Å²) in [5, 5.41) is 18.3. The topological polar surface area (TPSA) is 60.7 Å². The number of aliphatic hydroxyl groups is 1. The van der Waals surface area contributed by atoms with Gasteiger partial charge in [-0.2, -0.15) is 0 Å². The van der Waals surface area contributed by atoms with Crippen LogP contribution in [0.15, 0.2) is 28.9 Å². The maximum absolute atomic E-state index is 9.53. The highest BCUT2D eigenvalue weighted by Crippen LogP contribution is 2.49. The van der Waals surface area contributed by atoms with Crippen LogP contribution in [0, 0.1) is 5.92 Å². The van der Waals surface area contributed by atoms with E-state index in [1.807, 2.05) is 6.07 Å². The van der Waals surface area contributed by atoms with Gasteiger partial charge in [-0.05, 0) is 50.3 Å². The first-order valence-electron chi connectivity index (χ1n) is 10.9. The lowest BCUT2D eigenvalue weighted by atomic mass is 9.74. The minimum atomic E-state index is -0.151. The number of rotatable bonds is 3. The van der Waals surface area contributed by atoms with E-state index >= 15 is 0 Å². The zero-order chi connectivity index (χ0) is 20.0. The van der Waals surface area contributed by atoms with Crippen LogP contribution in [0.5, 0.6) is 0 Å². The SMILES string of the molecule is C=C1Nc2c(Cl)cc3cc(CN4CCCC(CO)C4)oc3c2C2(CCCCC2)N1. The molecular formula is C23H30ClN3O2. The number of hydrogen-bond acceptors (Lipinski definition) is 5. The van der Waals surface area contributed by atoms with Crippen LogP contribution >= 0.6 is 11.6 Å². The summed E-state index contributed by atoms with van der Waals surface area (Å²) in [7, 11) is 0. The van der Waals surface area contributed by atoms with Gasteiger partial charge in [0, 0.05) is 24.1 Å².